The SMILES string of the molecule is FCC1CCCN(Cc2cncs2)C1. The summed E-state index contributed by atoms with van der Waals surface area (Å²) in [6, 6.07) is 0. The van der Waals surface area contributed by atoms with E-state index in [0.29, 0.717) is 0 Å². The average molecular weight is 214 g/mol. The van der Waals surface area contributed by atoms with Crippen molar-refractivity contribution in [1.29, 1.82) is 0 Å². The molecule has 0 spiro atoms. The van der Waals surface area contributed by atoms with Crippen LogP contribution in [0.15, 0.2) is 11.7 Å². The number of nitrogens with zero attached hydrogens (tertiary/aromatic N) is 2. The summed E-state index contributed by atoms with van der Waals surface area (Å²) in [5.74, 6) is 0.261. The van der Waals surface area contributed by atoms with Crippen LogP contribution in [0.1, 0.15) is 17.7 Å². The zero-order chi connectivity index (χ0) is 9.80. The summed E-state index contributed by atoms with van der Waals surface area (Å²) in [6.07, 6.45) is 4.09. The van der Waals surface area contributed by atoms with E-state index < -0.39 is 0 Å². The van der Waals surface area contributed by atoms with Crippen molar-refractivity contribution in [2.75, 3.05) is 19.8 Å². The Bertz CT molecular complexity index is 263. The van der Waals surface area contributed by atoms with Crippen molar-refractivity contribution in [1.82, 2.24) is 9.88 Å². The first-order valence-corrected chi connectivity index (χ1v) is 5.92. The summed E-state index contributed by atoms with van der Waals surface area (Å²) in [5, 5.41) is 0. The largest absolute Gasteiger partial charge is 0.298 e. The van der Waals surface area contributed by atoms with Crippen molar-refractivity contribution in [2.45, 2.75) is 19.4 Å². The summed E-state index contributed by atoms with van der Waals surface area (Å²) in [4.78, 5) is 7.66. The molecule has 14 heavy (non-hydrogen) atoms. The highest BCUT2D eigenvalue weighted by Gasteiger charge is 2.19. The lowest BCUT2D eigenvalue weighted by Crippen LogP contribution is -2.35. The van der Waals surface area contributed by atoms with Gasteiger partial charge < -0.3 is 0 Å². The van der Waals surface area contributed by atoms with E-state index in [4.69, 9.17) is 0 Å². The maximum absolute atomic E-state index is 12.5. The maximum Gasteiger partial charge on any atom is 0.0934 e. The van der Waals surface area contributed by atoms with Gasteiger partial charge in [0.1, 0.15) is 0 Å². The van der Waals surface area contributed by atoms with E-state index in [2.05, 4.69) is 9.88 Å². The molecule has 2 heterocycles. The molecule has 2 rings (SSSR count). The molecule has 1 saturated heterocycles. The van der Waals surface area contributed by atoms with E-state index in [1.165, 1.54) is 4.88 Å². The fourth-order valence-corrected chi connectivity index (χ4v) is 2.60. The highest BCUT2D eigenvalue weighted by atomic mass is 32.1. The summed E-state index contributed by atoms with van der Waals surface area (Å²) < 4.78 is 12.5. The molecule has 0 aromatic carbocycles. The van der Waals surface area contributed by atoms with Gasteiger partial charge in [0.15, 0.2) is 0 Å². The van der Waals surface area contributed by atoms with Crippen molar-refractivity contribution in [3.8, 4) is 0 Å². The number of hydrogen-bond donors (Lipinski definition) is 0. The van der Waals surface area contributed by atoms with Gasteiger partial charge in [-0.25, -0.2) is 0 Å². The molecule has 1 aliphatic heterocycles. The Morgan fingerprint density at radius 1 is 1.64 bits per heavy atom. The van der Waals surface area contributed by atoms with Crippen molar-refractivity contribution in [2.24, 2.45) is 5.92 Å². The van der Waals surface area contributed by atoms with Crippen molar-refractivity contribution < 1.29 is 4.39 Å². The van der Waals surface area contributed by atoms with Gasteiger partial charge in [-0.3, -0.25) is 14.3 Å². The molecule has 0 saturated carbocycles. The van der Waals surface area contributed by atoms with Gasteiger partial charge in [0.05, 0.1) is 12.2 Å². The highest BCUT2D eigenvalue weighted by Crippen LogP contribution is 2.19. The first-order chi connectivity index (χ1) is 6.88. The predicted molar refractivity (Wildman–Crippen MR) is 56.1 cm³/mol. The zero-order valence-electron chi connectivity index (χ0n) is 8.16. The number of piperidine rings is 1. The van der Waals surface area contributed by atoms with E-state index >= 15 is 0 Å². The molecular formula is C10H15FN2S. The Balaban J connectivity index is 1.86. The monoisotopic (exact) mass is 214 g/mol. The standard InChI is InChI=1S/C10H15FN2S/c11-4-9-2-1-3-13(6-9)7-10-5-12-8-14-10/h5,8-9H,1-4,6-7H2. The topological polar surface area (TPSA) is 16.1 Å². The van der Waals surface area contributed by atoms with Crippen LogP contribution < -0.4 is 0 Å². The Morgan fingerprint density at radius 2 is 2.57 bits per heavy atom. The lowest BCUT2D eigenvalue weighted by molar-refractivity contribution is 0.149. The van der Waals surface area contributed by atoms with Crippen LogP contribution in [0.5, 0.6) is 0 Å². The number of halogens is 1. The number of thiazole rings is 1. The Hall–Kier alpha value is -0.480. The van der Waals surface area contributed by atoms with Gasteiger partial charge in [-0.2, -0.15) is 0 Å². The zero-order valence-corrected chi connectivity index (χ0v) is 8.97. The lowest BCUT2D eigenvalue weighted by atomic mass is 10.00. The lowest BCUT2D eigenvalue weighted by Gasteiger charge is -2.30. The van der Waals surface area contributed by atoms with Crippen LogP contribution in [0, 0.1) is 5.92 Å². The molecule has 0 amide bonds. The smallest absolute Gasteiger partial charge is 0.0934 e. The second-order valence-corrected chi connectivity index (χ2v) is 4.84. The van der Waals surface area contributed by atoms with Crippen LogP contribution in [0.4, 0.5) is 4.39 Å². The first kappa shape index (κ1) is 10.1. The molecule has 1 unspecified atom stereocenters. The van der Waals surface area contributed by atoms with Gasteiger partial charge in [0.25, 0.3) is 0 Å². The summed E-state index contributed by atoms with van der Waals surface area (Å²) in [6.45, 7) is 2.79. The van der Waals surface area contributed by atoms with Gasteiger partial charge in [0.2, 0.25) is 0 Å². The molecule has 0 aliphatic carbocycles. The van der Waals surface area contributed by atoms with E-state index in [-0.39, 0.29) is 12.6 Å². The second-order valence-electron chi connectivity index (χ2n) is 3.87. The minimum Gasteiger partial charge on any atom is -0.298 e. The molecule has 1 aromatic rings. The third-order valence-electron chi connectivity index (χ3n) is 2.68. The van der Waals surface area contributed by atoms with Gasteiger partial charge in [-0.1, -0.05) is 0 Å². The number of alkyl halides is 1. The minimum absolute atomic E-state index is 0.167. The third-order valence-corrected chi connectivity index (χ3v) is 3.45. The van der Waals surface area contributed by atoms with Crippen LogP contribution in [-0.4, -0.2) is 29.6 Å². The molecule has 1 aliphatic rings. The average Bonchev–Trinajstić information content (AvgIpc) is 2.71. The molecule has 1 aromatic heterocycles. The van der Waals surface area contributed by atoms with Crippen LogP contribution in [-0.2, 0) is 6.54 Å². The van der Waals surface area contributed by atoms with Crippen LogP contribution in [0.3, 0.4) is 0 Å². The fourth-order valence-electron chi connectivity index (χ4n) is 1.96. The normalized spacial score (nSPS) is 23.9. The Morgan fingerprint density at radius 3 is 3.29 bits per heavy atom. The number of rotatable bonds is 3. The van der Waals surface area contributed by atoms with Gasteiger partial charge in [-0.15, -0.1) is 11.3 Å². The summed E-state index contributed by atoms with van der Waals surface area (Å²) in [7, 11) is 0. The second kappa shape index (κ2) is 4.84. The minimum atomic E-state index is -0.167. The van der Waals surface area contributed by atoms with Crippen LogP contribution in [0.25, 0.3) is 0 Å². The predicted octanol–water partition coefficient (Wildman–Crippen LogP) is 2.32. The van der Waals surface area contributed by atoms with Gasteiger partial charge >= 0.3 is 0 Å². The maximum atomic E-state index is 12.5. The molecule has 1 fully saturated rings. The van der Waals surface area contributed by atoms with E-state index in [1.54, 1.807) is 11.3 Å². The number of hydrogen-bond acceptors (Lipinski definition) is 3. The van der Waals surface area contributed by atoms with Crippen molar-refractivity contribution in [3.05, 3.63) is 16.6 Å². The van der Waals surface area contributed by atoms with E-state index in [1.807, 2.05) is 11.7 Å². The summed E-state index contributed by atoms with van der Waals surface area (Å²) in [5.41, 5.74) is 1.85. The quantitative estimate of drug-likeness (QED) is 0.767. The highest BCUT2D eigenvalue weighted by molar-refractivity contribution is 7.09. The van der Waals surface area contributed by atoms with Crippen molar-refractivity contribution >= 4 is 11.3 Å². The summed E-state index contributed by atoms with van der Waals surface area (Å²) >= 11 is 1.68. The van der Waals surface area contributed by atoms with Crippen LogP contribution >= 0.6 is 11.3 Å². The molecule has 0 N–H and O–H groups in total. The molecule has 78 valence electrons. The van der Waals surface area contributed by atoms with Gasteiger partial charge in [0, 0.05) is 30.1 Å². The Kier molecular flexibility index (Phi) is 3.48. The first-order valence-electron chi connectivity index (χ1n) is 5.04. The van der Waals surface area contributed by atoms with Crippen LogP contribution in [0.2, 0.25) is 0 Å². The molecular weight excluding hydrogens is 199 g/mol. The fraction of sp³-hybridized carbons (Fsp3) is 0.700. The Labute approximate surface area is 87.8 Å². The third kappa shape index (κ3) is 2.51. The number of aromatic nitrogens is 1. The van der Waals surface area contributed by atoms with Crippen molar-refractivity contribution in [3.63, 3.8) is 0 Å². The van der Waals surface area contributed by atoms with Gasteiger partial charge in [-0.05, 0) is 19.4 Å². The molecule has 4 heteroatoms. The van der Waals surface area contributed by atoms with E-state index in [9.17, 15) is 4.39 Å². The molecule has 0 bridgehead atoms. The number of likely N-dealkylation sites (tertiary alicyclic amines) is 1. The molecule has 0 radical (unpaired) electrons. The molecule has 2 nitrogen and oxygen atoms in total. The molecule has 1 atom stereocenters. The van der Waals surface area contributed by atoms with E-state index in [0.717, 1.165) is 32.5 Å².